The van der Waals surface area contributed by atoms with E-state index in [-0.39, 0.29) is 0 Å². The molecule has 0 aromatic carbocycles. The van der Waals surface area contributed by atoms with Crippen molar-refractivity contribution in [2.75, 3.05) is 6.54 Å². The lowest BCUT2D eigenvalue weighted by atomic mass is 10.3. The van der Waals surface area contributed by atoms with Crippen molar-refractivity contribution in [2.24, 2.45) is 12.8 Å². The van der Waals surface area contributed by atoms with Crippen molar-refractivity contribution in [3.05, 3.63) is 17.7 Å². The van der Waals surface area contributed by atoms with Gasteiger partial charge in [0.1, 0.15) is 5.82 Å². The van der Waals surface area contributed by atoms with Crippen LogP contribution in [-0.2, 0) is 13.5 Å². The van der Waals surface area contributed by atoms with Crippen LogP contribution >= 0.6 is 0 Å². The number of fused-ring (bicyclic) bond motifs is 1. The molecular formula is C8H13N5. The zero-order valence-electron chi connectivity index (χ0n) is 7.86. The van der Waals surface area contributed by atoms with Gasteiger partial charge in [0.2, 0.25) is 5.78 Å². The Morgan fingerprint density at radius 2 is 2.31 bits per heavy atom. The molecular weight excluding hydrogens is 166 g/mol. The first kappa shape index (κ1) is 8.25. The molecule has 0 saturated heterocycles. The highest BCUT2D eigenvalue weighted by Crippen LogP contribution is 2.05. The average molecular weight is 179 g/mol. The van der Waals surface area contributed by atoms with Crippen molar-refractivity contribution in [1.82, 2.24) is 19.2 Å². The van der Waals surface area contributed by atoms with Crippen LogP contribution < -0.4 is 5.73 Å². The highest BCUT2D eigenvalue weighted by Gasteiger charge is 2.07. The summed E-state index contributed by atoms with van der Waals surface area (Å²) in [5.74, 6) is 1.84. The maximum atomic E-state index is 5.44. The number of hydrogen-bond donors (Lipinski definition) is 1. The summed E-state index contributed by atoms with van der Waals surface area (Å²) in [5.41, 5.74) is 6.44. The van der Waals surface area contributed by atoms with Crippen molar-refractivity contribution >= 4 is 5.78 Å². The largest absolute Gasteiger partial charge is 0.330 e. The lowest BCUT2D eigenvalue weighted by molar-refractivity contribution is 0.851. The first-order valence-electron chi connectivity index (χ1n) is 4.30. The van der Waals surface area contributed by atoms with E-state index in [0.717, 1.165) is 23.7 Å². The molecule has 0 saturated carbocycles. The van der Waals surface area contributed by atoms with Crippen molar-refractivity contribution in [3.63, 3.8) is 0 Å². The van der Waals surface area contributed by atoms with Gasteiger partial charge in [-0.3, -0.25) is 0 Å². The third-order valence-corrected chi connectivity index (χ3v) is 2.16. The Kier molecular flexibility index (Phi) is 1.81. The highest BCUT2D eigenvalue weighted by atomic mass is 15.4. The van der Waals surface area contributed by atoms with E-state index < -0.39 is 0 Å². The third-order valence-electron chi connectivity index (χ3n) is 2.16. The van der Waals surface area contributed by atoms with Gasteiger partial charge in [-0.25, -0.2) is 9.50 Å². The van der Waals surface area contributed by atoms with Crippen molar-refractivity contribution < 1.29 is 0 Å². The van der Waals surface area contributed by atoms with Gasteiger partial charge >= 0.3 is 0 Å². The minimum absolute atomic E-state index is 0.628. The molecule has 13 heavy (non-hydrogen) atoms. The van der Waals surface area contributed by atoms with E-state index in [9.17, 15) is 0 Å². The predicted octanol–water partition coefficient (Wildman–Crippen LogP) is -0.123. The molecule has 5 nitrogen and oxygen atoms in total. The average Bonchev–Trinajstić information content (AvgIpc) is 2.56. The van der Waals surface area contributed by atoms with Crippen molar-refractivity contribution in [2.45, 2.75) is 13.3 Å². The molecule has 0 radical (unpaired) electrons. The second kappa shape index (κ2) is 2.85. The second-order valence-electron chi connectivity index (χ2n) is 3.12. The molecule has 70 valence electrons. The van der Waals surface area contributed by atoms with E-state index >= 15 is 0 Å². The maximum Gasteiger partial charge on any atom is 0.232 e. The number of nitrogens with zero attached hydrogens (tertiary/aromatic N) is 4. The summed E-state index contributed by atoms with van der Waals surface area (Å²) in [6.45, 7) is 2.58. The number of nitrogens with two attached hydrogens (primary N) is 1. The molecule has 0 amide bonds. The van der Waals surface area contributed by atoms with Crippen molar-refractivity contribution in [3.8, 4) is 0 Å². The molecule has 2 aromatic heterocycles. The van der Waals surface area contributed by atoms with Gasteiger partial charge in [-0.15, -0.1) is 0 Å². The Morgan fingerprint density at radius 3 is 2.92 bits per heavy atom. The van der Waals surface area contributed by atoms with E-state index in [1.807, 2.05) is 24.7 Å². The van der Waals surface area contributed by atoms with Crippen LogP contribution in [-0.4, -0.2) is 25.7 Å². The van der Waals surface area contributed by atoms with Gasteiger partial charge in [0, 0.05) is 13.5 Å². The van der Waals surface area contributed by atoms with Crippen LogP contribution in [0.4, 0.5) is 0 Å². The van der Waals surface area contributed by atoms with E-state index in [2.05, 4.69) is 10.1 Å². The quantitative estimate of drug-likeness (QED) is 0.699. The molecule has 2 aromatic rings. The lowest BCUT2D eigenvalue weighted by Gasteiger charge is -1.91. The first-order valence-corrected chi connectivity index (χ1v) is 4.30. The van der Waals surface area contributed by atoms with E-state index in [0.29, 0.717) is 6.54 Å². The Labute approximate surface area is 76.2 Å². The van der Waals surface area contributed by atoms with Gasteiger partial charge in [-0.05, 0) is 13.5 Å². The number of rotatable bonds is 2. The van der Waals surface area contributed by atoms with Crippen molar-refractivity contribution in [1.29, 1.82) is 0 Å². The van der Waals surface area contributed by atoms with Gasteiger partial charge in [0.15, 0.2) is 0 Å². The Balaban J connectivity index is 2.52. The van der Waals surface area contributed by atoms with Gasteiger partial charge in [-0.1, -0.05) is 0 Å². The molecule has 0 bridgehead atoms. The first-order chi connectivity index (χ1) is 6.22. The summed E-state index contributed by atoms with van der Waals surface area (Å²) in [4.78, 5) is 4.41. The fourth-order valence-corrected chi connectivity index (χ4v) is 1.35. The van der Waals surface area contributed by atoms with Crippen LogP contribution in [0.5, 0.6) is 0 Å². The highest BCUT2D eigenvalue weighted by molar-refractivity contribution is 5.31. The molecule has 2 heterocycles. The molecule has 0 fully saturated rings. The minimum Gasteiger partial charge on any atom is -0.330 e. The fraction of sp³-hybridized carbons (Fsp3) is 0.500. The van der Waals surface area contributed by atoms with Crippen LogP contribution in [0.3, 0.4) is 0 Å². The predicted molar refractivity (Wildman–Crippen MR) is 49.5 cm³/mol. The molecule has 2 N–H and O–H groups in total. The summed E-state index contributed by atoms with van der Waals surface area (Å²) in [6, 6.07) is 0. The molecule has 0 atom stereocenters. The Morgan fingerprint density at radius 1 is 1.54 bits per heavy atom. The summed E-state index contributed by atoms with van der Waals surface area (Å²) >= 11 is 0. The van der Waals surface area contributed by atoms with E-state index in [1.54, 1.807) is 4.52 Å². The van der Waals surface area contributed by atoms with Gasteiger partial charge in [0.25, 0.3) is 0 Å². The van der Waals surface area contributed by atoms with Crippen LogP contribution in [0.15, 0.2) is 6.20 Å². The van der Waals surface area contributed by atoms with Gasteiger partial charge < -0.3 is 10.3 Å². The Bertz CT molecular complexity index is 425. The standard InChI is InChI=1S/C8H13N5/c1-6-11-13-5-7(3-4-9)10-8(13)12(6)2/h5H,3-4,9H2,1-2H3. The van der Waals surface area contributed by atoms with Gasteiger partial charge in [-0.2, -0.15) is 5.10 Å². The third kappa shape index (κ3) is 1.21. The van der Waals surface area contributed by atoms with Crippen LogP contribution in [0.1, 0.15) is 11.5 Å². The number of hydrogen-bond acceptors (Lipinski definition) is 3. The summed E-state index contributed by atoms with van der Waals surface area (Å²) < 4.78 is 3.75. The Hall–Kier alpha value is -1.36. The SMILES string of the molecule is Cc1nn2cc(CCN)nc2n1C. The normalized spacial score (nSPS) is 11.3. The van der Waals surface area contributed by atoms with E-state index in [4.69, 9.17) is 5.73 Å². The van der Waals surface area contributed by atoms with E-state index in [1.165, 1.54) is 0 Å². The molecule has 5 heteroatoms. The minimum atomic E-state index is 0.628. The number of aromatic nitrogens is 4. The molecule has 2 rings (SSSR count). The number of aryl methyl sites for hydroxylation is 2. The zero-order chi connectivity index (χ0) is 9.42. The summed E-state index contributed by atoms with van der Waals surface area (Å²) in [7, 11) is 1.96. The number of imidazole rings is 1. The van der Waals surface area contributed by atoms with Gasteiger partial charge in [0.05, 0.1) is 11.9 Å². The summed E-state index contributed by atoms with van der Waals surface area (Å²) in [5, 5.41) is 4.29. The topological polar surface area (TPSA) is 61.1 Å². The summed E-state index contributed by atoms with van der Waals surface area (Å²) in [6.07, 6.45) is 2.73. The molecule has 0 aliphatic heterocycles. The molecule has 0 unspecified atom stereocenters. The molecule has 0 spiro atoms. The van der Waals surface area contributed by atoms with Crippen LogP contribution in [0.25, 0.3) is 5.78 Å². The lowest BCUT2D eigenvalue weighted by Crippen LogP contribution is -2.03. The molecule has 0 aliphatic carbocycles. The van der Waals surface area contributed by atoms with Crippen LogP contribution in [0.2, 0.25) is 0 Å². The fourth-order valence-electron chi connectivity index (χ4n) is 1.35. The smallest absolute Gasteiger partial charge is 0.232 e. The second-order valence-corrected chi connectivity index (χ2v) is 3.12. The maximum absolute atomic E-state index is 5.44. The molecule has 0 aliphatic rings. The van der Waals surface area contributed by atoms with Crippen LogP contribution in [0, 0.1) is 6.92 Å². The zero-order valence-corrected chi connectivity index (χ0v) is 7.86. The monoisotopic (exact) mass is 179 g/mol.